The molecule has 0 radical (unpaired) electrons. The molecule has 0 bridgehead atoms. The van der Waals surface area contributed by atoms with Crippen LogP contribution in [-0.2, 0) is 17.8 Å². The number of carbonyl (C=O) groups is 1. The largest absolute Gasteiger partial charge is 0.354 e. The maximum atomic E-state index is 13.0. The van der Waals surface area contributed by atoms with E-state index in [9.17, 15) is 14.0 Å². The summed E-state index contributed by atoms with van der Waals surface area (Å²) in [5.41, 5.74) is 2.64. The molecular formula is C23H20FN3O2S. The predicted molar refractivity (Wildman–Crippen MR) is 117 cm³/mol. The highest BCUT2D eigenvalue weighted by atomic mass is 32.1. The van der Waals surface area contributed by atoms with E-state index in [0.29, 0.717) is 23.2 Å². The van der Waals surface area contributed by atoms with Gasteiger partial charge in [-0.15, -0.1) is 11.3 Å². The van der Waals surface area contributed by atoms with Gasteiger partial charge in [0.05, 0.1) is 11.7 Å². The molecular weight excluding hydrogens is 401 g/mol. The minimum Gasteiger partial charge on any atom is -0.354 e. The number of aryl methyl sites for hydroxylation is 1. The second-order valence-corrected chi connectivity index (χ2v) is 8.01. The summed E-state index contributed by atoms with van der Waals surface area (Å²) in [6.07, 6.45) is 2.01. The van der Waals surface area contributed by atoms with Crippen LogP contribution >= 0.6 is 11.3 Å². The van der Waals surface area contributed by atoms with Crippen molar-refractivity contribution in [2.75, 3.05) is 6.54 Å². The SMILES string of the molecule is Cc1c(-c2ccccc2)sc2ncn(CC(=O)NCCc3ccc(F)cc3)c(=O)c12. The van der Waals surface area contributed by atoms with E-state index in [2.05, 4.69) is 10.3 Å². The molecule has 0 unspecified atom stereocenters. The van der Waals surface area contributed by atoms with Crippen molar-refractivity contribution in [2.45, 2.75) is 19.9 Å². The van der Waals surface area contributed by atoms with E-state index in [0.717, 1.165) is 21.6 Å². The molecule has 0 aliphatic heterocycles. The Bertz CT molecular complexity index is 1250. The molecule has 7 heteroatoms. The van der Waals surface area contributed by atoms with Gasteiger partial charge in [0.15, 0.2) is 0 Å². The Kier molecular flexibility index (Phi) is 5.72. The van der Waals surface area contributed by atoms with Crippen molar-refractivity contribution in [3.05, 3.63) is 88.2 Å². The third-order valence-corrected chi connectivity index (χ3v) is 6.17. The maximum absolute atomic E-state index is 13.0. The lowest BCUT2D eigenvalue weighted by atomic mass is 10.1. The number of carbonyl (C=O) groups excluding carboxylic acids is 1. The van der Waals surface area contributed by atoms with Crippen LogP contribution in [-0.4, -0.2) is 22.0 Å². The van der Waals surface area contributed by atoms with E-state index in [1.165, 1.54) is 34.4 Å². The summed E-state index contributed by atoms with van der Waals surface area (Å²) in [4.78, 5) is 31.4. The number of nitrogens with zero attached hydrogens (tertiary/aromatic N) is 2. The van der Waals surface area contributed by atoms with Crippen LogP contribution in [0.3, 0.4) is 0 Å². The van der Waals surface area contributed by atoms with Gasteiger partial charge in [-0.25, -0.2) is 9.37 Å². The molecule has 0 fully saturated rings. The summed E-state index contributed by atoms with van der Waals surface area (Å²) in [6, 6.07) is 16.0. The van der Waals surface area contributed by atoms with Crippen molar-refractivity contribution in [3.8, 4) is 10.4 Å². The van der Waals surface area contributed by atoms with Crippen molar-refractivity contribution in [3.63, 3.8) is 0 Å². The van der Waals surface area contributed by atoms with Crippen LogP contribution in [0.4, 0.5) is 4.39 Å². The van der Waals surface area contributed by atoms with Crippen molar-refractivity contribution in [2.24, 2.45) is 0 Å². The monoisotopic (exact) mass is 421 g/mol. The zero-order valence-electron chi connectivity index (χ0n) is 16.4. The molecule has 4 aromatic rings. The van der Waals surface area contributed by atoms with E-state index in [4.69, 9.17) is 0 Å². The second-order valence-electron chi connectivity index (χ2n) is 7.01. The quantitative estimate of drug-likeness (QED) is 0.513. The maximum Gasteiger partial charge on any atom is 0.262 e. The van der Waals surface area contributed by atoms with Crippen molar-refractivity contribution in [1.82, 2.24) is 14.9 Å². The summed E-state index contributed by atoms with van der Waals surface area (Å²) in [6.45, 7) is 2.23. The highest BCUT2D eigenvalue weighted by Gasteiger charge is 2.16. The molecule has 0 saturated heterocycles. The first-order valence-electron chi connectivity index (χ1n) is 9.58. The third-order valence-electron chi connectivity index (χ3n) is 4.92. The average molecular weight is 421 g/mol. The lowest BCUT2D eigenvalue weighted by Crippen LogP contribution is -2.33. The third kappa shape index (κ3) is 4.16. The Morgan fingerprint density at radius 3 is 2.60 bits per heavy atom. The lowest BCUT2D eigenvalue weighted by molar-refractivity contribution is -0.121. The number of fused-ring (bicyclic) bond motifs is 1. The van der Waals surface area contributed by atoms with E-state index in [1.54, 1.807) is 12.1 Å². The van der Waals surface area contributed by atoms with E-state index < -0.39 is 0 Å². The molecule has 0 saturated carbocycles. The number of amides is 1. The van der Waals surface area contributed by atoms with Crippen LogP contribution in [0.15, 0.2) is 65.7 Å². The fourth-order valence-electron chi connectivity index (χ4n) is 3.34. The van der Waals surface area contributed by atoms with Crippen LogP contribution in [0.2, 0.25) is 0 Å². The molecule has 1 amide bonds. The zero-order chi connectivity index (χ0) is 21.1. The molecule has 0 atom stereocenters. The molecule has 30 heavy (non-hydrogen) atoms. The van der Waals surface area contributed by atoms with Crippen LogP contribution < -0.4 is 10.9 Å². The minimum atomic E-state index is -0.288. The Labute approximate surface area is 176 Å². The first-order valence-corrected chi connectivity index (χ1v) is 10.4. The first kappa shape index (κ1) is 20.0. The van der Waals surface area contributed by atoms with Crippen LogP contribution in [0, 0.1) is 12.7 Å². The zero-order valence-corrected chi connectivity index (χ0v) is 17.2. The first-order chi connectivity index (χ1) is 14.5. The normalized spacial score (nSPS) is 11.0. The summed E-state index contributed by atoms with van der Waals surface area (Å²) in [7, 11) is 0. The van der Waals surface area contributed by atoms with Gasteiger partial charge < -0.3 is 5.32 Å². The van der Waals surface area contributed by atoms with Gasteiger partial charge in [0.25, 0.3) is 5.56 Å². The predicted octanol–water partition coefficient (Wildman–Crippen LogP) is 3.93. The van der Waals surface area contributed by atoms with E-state index in [-0.39, 0.29) is 23.8 Å². The molecule has 2 aromatic heterocycles. The van der Waals surface area contributed by atoms with Gasteiger partial charge in [-0.1, -0.05) is 42.5 Å². The molecule has 152 valence electrons. The van der Waals surface area contributed by atoms with Gasteiger partial charge in [0.1, 0.15) is 17.2 Å². The van der Waals surface area contributed by atoms with Gasteiger partial charge in [-0.2, -0.15) is 0 Å². The molecule has 0 aliphatic carbocycles. The molecule has 5 nitrogen and oxygen atoms in total. The Morgan fingerprint density at radius 2 is 1.87 bits per heavy atom. The van der Waals surface area contributed by atoms with E-state index >= 15 is 0 Å². The highest BCUT2D eigenvalue weighted by molar-refractivity contribution is 7.22. The molecule has 0 spiro atoms. The summed E-state index contributed by atoms with van der Waals surface area (Å²) < 4.78 is 14.3. The Hall–Kier alpha value is -3.32. The fourth-order valence-corrected chi connectivity index (χ4v) is 4.49. The van der Waals surface area contributed by atoms with Crippen LogP contribution in [0.1, 0.15) is 11.1 Å². The second kappa shape index (κ2) is 8.59. The van der Waals surface area contributed by atoms with Crippen LogP contribution in [0.5, 0.6) is 0 Å². The topological polar surface area (TPSA) is 64.0 Å². The number of halogens is 1. The molecule has 0 aliphatic rings. The van der Waals surface area contributed by atoms with Gasteiger partial charge in [-0.05, 0) is 42.2 Å². The van der Waals surface area contributed by atoms with Crippen molar-refractivity contribution < 1.29 is 9.18 Å². The minimum absolute atomic E-state index is 0.0961. The van der Waals surface area contributed by atoms with Gasteiger partial charge in [0, 0.05) is 11.4 Å². The molecule has 1 N–H and O–H groups in total. The summed E-state index contributed by atoms with van der Waals surface area (Å²) in [5, 5.41) is 3.35. The van der Waals surface area contributed by atoms with Gasteiger partial charge in [-0.3, -0.25) is 14.2 Å². The number of rotatable bonds is 6. The number of thiophene rings is 1. The highest BCUT2D eigenvalue weighted by Crippen LogP contribution is 2.35. The smallest absolute Gasteiger partial charge is 0.262 e. The number of hydrogen-bond donors (Lipinski definition) is 1. The standard InChI is InChI=1S/C23H20FN3O2S/c1-15-20-22(30-21(15)17-5-3-2-4-6-17)26-14-27(23(20)29)13-19(28)25-12-11-16-7-9-18(24)10-8-16/h2-10,14H,11-13H2,1H3,(H,25,28). The Balaban J connectivity index is 1.48. The average Bonchev–Trinajstić information content (AvgIpc) is 3.09. The fraction of sp³-hybridized carbons (Fsp3) is 0.174. The Morgan fingerprint density at radius 1 is 1.13 bits per heavy atom. The summed E-state index contributed by atoms with van der Waals surface area (Å²) >= 11 is 1.48. The van der Waals surface area contributed by atoms with Crippen molar-refractivity contribution in [1.29, 1.82) is 0 Å². The number of aromatic nitrogens is 2. The van der Waals surface area contributed by atoms with Crippen molar-refractivity contribution >= 4 is 27.5 Å². The summed E-state index contributed by atoms with van der Waals surface area (Å²) in [5.74, 6) is -0.555. The number of benzene rings is 2. The molecule has 2 heterocycles. The van der Waals surface area contributed by atoms with Crippen LogP contribution in [0.25, 0.3) is 20.7 Å². The number of hydrogen-bond acceptors (Lipinski definition) is 4. The lowest BCUT2D eigenvalue weighted by Gasteiger charge is -2.07. The molecule has 4 rings (SSSR count). The molecule has 2 aromatic carbocycles. The number of nitrogens with one attached hydrogen (secondary N) is 1. The van der Waals surface area contributed by atoms with Gasteiger partial charge in [0.2, 0.25) is 5.91 Å². The van der Waals surface area contributed by atoms with E-state index in [1.807, 2.05) is 37.3 Å². The van der Waals surface area contributed by atoms with Gasteiger partial charge >= 0.3 is 0 Å².